The third-order valence-corrected chi connectivity index (χ3v) is 11.4. The van der Waals surface area contributed by atoms with Gasteiger partial charge in [0.15, 0.2) is 0 Å². The van der Waals surface area contributed by atoms with Crippen LogP contribution < -0.4 is 16.0 Å². The van der Waals surface area contributed by atoms with Crippen LogP contribution in [0.25, 0.3) is 66.3 Å². The molecule has 7 aromatic carbocycles. The molecular weight excluding hydrogens is 683 g/mol. The van der Waals surface area contributed by atoms with Gasteiger partial charge in [-0.2, -0.15) is 0 Å². The van der Waals surface area contributed by atoms with Crippen molar-refractivity contribution < 1.29 is 0 Å². The van der Waals surface area contributed by atoms with E-state index in [0.717, 1.165) is 29.2 Å². The number of nitrogens with zero attached hydrogens (tertiary/aromatic N) is 2. The second kappa shape index (κ2) is 13.3. The smallest absolute Gasteiger partial charge is 0.104 e. The van der Waals surface area contributed by atoms with E-state index in [2.05, 4.69) is 213 Å². The maximum Gasteiger partial charge on any atom is 0.104 e. The minimum absolute atomic E-state index is 0.113. The number of benzene rings is 7. The lowest BCUT2D eigenvalue weighted by Gasteiger charge is -2.33. The van der Waals surface area contributed by atoms with Crippen LogP contribution in [0.5, 0.6) is 0 Å². The molecule has 0 fully saturated rings. The van der Waals surface area contributed by atoms with Crippen LogP contribution in [0, 0.1) is 0 Å². The molecule has 2 aromatic heterocycles. The van der Waals surface area contributed by atoms with Crippen molar-refractivity contribution in [3.05, 3.63) is 217 Å². The molecule has 0 saturated heterocycles. The maximum absolute atomic E-state index is 4.02. The van der Waals surface area contributed by atoms with Crippen molar-refractivity contribution in [2.45, 2.75) is 12.2 Å². The number of rotatable bonds is 6. The Bertz CT molecular complexity index is 2810. The maximum atomic E-state index is 4.02. The third kappa shape index (κ3) is 5.44. The molecule has 11 rings (SSSR count). The Balaban J connectivity index is 1.16. The normalized spacial score (nSPS) is 16.9. The zero-order chi connectivity index (χ0) is 37.0. The Morgan fingerprint density at radius 1 is 0.482 bits per heavy atom. The summed E-state index contributed by atoms with van der Waals surface area (Å²) < 4.78 is 4.88. The minimum Gasteiger partial charge on any atom is -0.387 e. The lowest BCUT2D eigenvalue weighted by Crippen LogP contribution is -2.39. The second-order valence-electron chi connectivity index (χ2n) is 14.7. The topological polar surface area (TPSA) is 46.0 Å². The molecule has 9 aromatic rings. The van der Waals surface area contributed by atoms with Crippen molar-refractivity contribution in [1.29, 1.82) is 0 Å². The first kappa shape index (κ1) is 32.4. The summed E-state index contributed by atoms with van der Waals surface area (Å²) in [5.74, 6) is 0. The van der Waals surface area contributed by atoms with Crippen molar-refractivity contribution in [3.63, 3.8) is 0 Å². The second-order valence-corrected chi connectivity index (χ2v) is 14.7. The predicted molar refractivity (Wildman–Crippen MR) is 233 cm³/mol. The van der Waals surface area contributed by atoms with E-state index in [1.165, 1.54) is 65.9 Å². The molecule has 0 spiro atoms. The van der Waals surface area contributed by atoms with Crippen molar-refractivity contribution in [3.8, 4) is 11.4 Å². The molecular formula is C51H39N5. The highest BCUT2D eigenvalue weighted by Gasteiger charge is 2.26. The number of hydrogen-bond donors (Lipinski definition) is 3. The van der Waals surface area contributed by atoms with Gasteiger partial charge in [0.05, 0.1) is 28.1 Å². The summed E-state index contributed by atoms with van der Waals surface area (Å²) in [7, 11) is 0. The zero-order valence-electron chi connectivity index (χ0n) is 30.7. The molecule has 56 heavy (non-hydrogen) atoms. The van der Waals surface area contributed by atoms with Gasteiger partial charge in [-0.15, -0.1) is 0 Å². The van der Waals surface area contributed by atoms with E-state index in [4.69, 9.17) is 0 Å². The van der Waals surface area contributed by atoms with Gasteiger partial charge in [-0.05, 0) is 94.7 Å². The summed E-state index contributed by atoms with van der Waals surface area (Å²) >= 11 is 0. The van der Waals surface area contributed by atoms with Crippen molar-refractivity contribution >= 4 is 54.9 Å². The SMILES string of the molecule is C1=CC(c2cccc(C3=CC(c4cc(-n5c6ccccc6c6ccccc65)cc(-n5c6ccccc6c6ccccc65)c4)NC(c4ccccc4)N3)c2)=CCN1. The first-order valence-electron chi connectivity index (χ1n) is 19.4. The molecule has 0 amide bonds. The van der Waals surface area contributed by atoms with E-state index < -0.39 is 0 Å². The van der Waals surface area contributed by atoms with Gasteiger partial charge < -0.3 is 19.8 Å². The van der Waals surface area contributed by atoms with E-state index in [9.17, 15) is 0 Å². The standard InChI is InChI=1S/C51H39N5/c1-2-13-35(14-3-1)51-53-45(37-16-12-15-36(29-37)34-25-27-52-28-26-34)33-46(54-51)38-30-39(55-47-21-8-4-17-41(47)42-18-5-9-22-48(42)55)32-40(31-38)56-49-23-10-6-19-43(49)44-20-7-11-24-50(44)56/h1-27,29-33,46,51-54H,28H2. The Morgan fingerprint density at radius 3 is 1.57 bits per heavy atom. The van der Waals surface area contributed by atoms with E-state index in [-0.39, 0.29) is 12.2 Å². The van der Waals surface area contributed by atoms with Gasteiger partial charge in [-0.1, -0.05) is 127 Å². The average Bonchev–Trinajstić information content (AvgIpc) is 3.80. The van der Waals surface area contributed by atoms with Gasteiger partial charge in [0.1, 0.15) is 6.17 Å². The number of allylic oxidation sites excluding steroid dienone is 2. The molecule has 268 valence electrons. The summed E-state index contributed by atoms with van der Waals surface area (Å²) in [5, 5.41) is 16.2. The third-order valence-electron chi connectivity index (χ3n) is 11.4. The van der Waals surface area contributed by atoms with Crippen LogP contribution in [0.2, 0.25) is 0 Å². The largest absolute Gasteiger partial charge is 0.387 e. The quantitative estimate of drug-likeness (QED) is 0.160. The Labute approximate surface area is 325 Å². The van der Waals surface area contributed by atoms with Gasteiger partial charge in [0.25, 0.3) is 0 Å². The van der Waals surface area contributed by atoms with Crippen LogP contribution >= 0.6 is 0 Å². The molecule has 4 heterocycles. The van der Waals surface area contributed by atoms with Gasteiger partial charge in [-0.3, -0.25) is 5.32 Å². The lowest BCUT2D eigenvalue weighted by atomic mass is 9.95. The summed E-state index contributed by atoms with van der Waals surface area (Å²) in [6.45, 7) is 0.829. The fourth-order valence-electron chi connectivity index (χ4n) is 8.83. The Morgan fingerprint density at radius 2 is 1.02 bits per heavy atom. The molecule has 0 radical (unpaired) electrons. The van der Waals surface area contributed by atoms with Crippen LogP contribution in [0.1, 0.15) is 34.5 Å². The van der Waals surface area contributed by atoms with Gasteiger partial charge in [-0.25, -0.2) is 0 Å². The molecule has 2 aliphatic heterocycles. The predicted octanol–water partition coefficient (Wildman–Crippen LogP) is 11.4. The summed E-state index contributed by atoms with van der Waals surface area (Å²) in [4.78, 5) is 0. The highest BCUT2D eigenvalue weighted by molar-refractivity contribution is 6.10. The Hall–Kier alpha value is -7.08. The van der Waals surface area contributed by atoms with Crippen LogP contribution in [-0.4, -0.2) is 15.7 Å². The molecule has 3 N–H and O–H groups in total. The molecule has 0 saturated carbocycles. The van der Waals surface area contributed by atoms with Crippen LogP contribution in [0.3, 0.4) is 0 Å². The molecule has 5 heteroatoms. The first-order chi connectivity index (χ1) is 27.8. The first-order valence-corrected chi connectivity index (χ1v) is 19.4. The zero-order valence-corrected chi connectivity index (χ0v) is 30.7. The monoisotopic (exact) mass is 721 g/mol. The molecule has 2 atom stereocenters. The summed E-state index contributed by atoms with van der Waals surface area (Å²) in [5.41, 5.74) is 14.1. The van der Waals surface area contributed by atoms with E-state index in [1.807, 2.05) is 6.20 Å². The van der Waals surface area contributed by atoms with Crippen molar-refractivity contribution in [2.24, 2.45) is 0 Å². The Kier molecular flexibility index (Phi) is 7.71. The minimum atomic E-state index is -0.114. The summed E-state index contributed by atoms with van der Waals surface area (Å²) in [6, 6.07) is 61.7. The number of nitrogens with one attached hydrogen (secondary N) is 3. The number of fused-ring (bicyclic) bond motifs is 6. The fraction of sp³-hybridized carbons (Fsp3) is 0.0588. The van der Waals surface area contributed by atoms with Crippen LogP contribution in [-0.2, 0) is 0 Å². The number of aromatic nitrogens is 2. The summed E-state index contributed by atoms with van der Waals surface area (Å²) in [6.07, 6.45) is 8.68. The number of para-hydroxylation sites is 4. The van der Waals surface area contributed by atoms with E-state index >= 15 is 0 Å². The molecule has 0 bridgehead atoms. The molecule has 5 nitrogen and oxygen atoms in total. The molecule has 2 unspecified atom stereocenters. The van der Waals surface area contributed by atoms with Crippen LogP contribution in [0.4, 0.5) is 0 Å². The molecule has 2 aliphatic rings. The number of hydrogen-bond acceptors (Lipinski definition) is 3. The van der Waals surface area contributed by atoms with E-state index in [0.29, 0.717) is 0 Å². The molecule has 0 aliphatic carbocycles. The van der Waals surface area contributed by atoms with Crippen LogP contribution in [0.15, 0.2) is 194 Å². The average molecular weight is 722 g/mol. The van der Waals surface area contributed by atoms with Gasteiger partial charge in [0, 0.05) is 45.2 Å². The fourth-order valence-corrected chi connectivity index (χ4v) is 8.83. The number of dihydropyridines is 1. The van der Waals surface area contributed by atoms with Crippen molar-refractivity contribution in [1.82, 2.24) is 25.1 Å². The van der Waals surface area contributed by atoms with Crippen molar-refractivity contribution in [2.75, 3.05) is 6.54 Å². The van der Waals surface area contributed by atoms with Gasteiger partial charge >= 0.3 is 0 Å². The highest BCUT2D eigenvalue weighted by atomic mass is 15.2. The lowest BCUT2D eigenvalue weighted by molar-refractivity contribution is 0.442. The van der Waals surface area contributed by atoms with Gasteiger partial charge in [0.2, 0.25) is 0 Å². The van der Waals surface area contributed by atoms with E-state index in [1.54, 1.807) is 0 Å². The highest BCUT2D eigenvalue weighted by Crippen LogP contribution is 2.38.